The number of hydrogen-bond donors (Lipinski definition) is 2. The van der Waals surface area contributed by atoms with Gasteiger partial charge in [0.05, 0.1) is 11.1 Å². The van der Waals surface area contributed by atoms with E-state index >= 15 is 0 Å². The van der Waals surface area contributed by atoms with Crippen molar-refractivity contribution < 1.29 is 9.90 Å². The predicted molar refractivity (Wildman–Crippen MR) is 72.5 cm³/mol. The van der Waals surface area contributed by atoms with Crippen molar-refractivity contribution in [2.24, 2.45) is 5.92 Å². The quantitative estimate of drug-likeness (QED) is 0.804. The first-order valence-electron chi connectivity index (χ1n) is 6.57. The molecule has 0 saturated heterocycles. The molecule has 1 heterocycles. The molecule has 4 heteroatoms. The van der Waals surface area contributed by atoms with Crippen molar-refractivity contribution in [3.63, 3.8) is 0 Å². The minimum Gasteiger partial charge on any atom is -0.384 e. The SMILES string of the molecule is CC(NC(=O)c1ccncc1C#CCO)C1CCC1. The van der Waals surface area contributed by atoms with Crippen molar-refractivity contribution in [2.45, 2.75) is 32.2 Å². The van der Waals surface area contributed by atoms with Gasteiger partial charge in [-0.2, -0.15) is 0 Å². The van der Waals surface area contributed by atoms with Crippen LogP contribution >= 0.6 is 0 Å². The molecule has 1 unspecified atom stereocenters. The third kappa shape index (κ3) is 3.33. The van der Waals surface area contributed by atoms with E-state index in [0.717, 1.165) is 0 Å². The molecular weight excluding hydrogens is 240 g/mol. The molecule has 4 nitrogen and oxygen atoms in total. The monoisotopic (exact) mass is 258 g/mol. The lowest BCUT2D eigenvalue weighted by Gasteiger charge is -2.31. The Morgan fingerprint density at radius 1 is 1.63 bits per heavy atom. The van der Waals surface area contributed by atoms with Gasteiger partial charge in [0.1, 0.15) is 6.61 Å². The molecule has 1 aliphatic carbocycles. The zero-order valence-corrected chi connectivity index (χ0v) is 11.0. The van der Waals surface area contributed by atoms with Crippen molar-refractivity contribution in [3.05, 3.63) is 29.6 Å². The number of hydrogen-bond acceptors (Lipinski definition) is 3. The van der Waals surface area contributed by atoms with E-state index in [1.54, 1.807) is 18.5 Å². The molecule has 100 valence electrons. The van der Waals surface area contributed by atoms with Crippen molar-refractivity contribution in [3.8, 4) is 11.8 Å². The van der Waals surface area contributed by atoms with Crippen LogP contribution in [0.4, 0.5) is 0 Å². The molecule has 0 aromatic carbocycles. The largest absolute Gasteiger partial charge is 0.384 e. The summed E-state index contributed by atoms with van der Waals surface area (Å²) in [5.41, 5.74) is 1.07. The Balaban J connectivity index is 2.09. The number of carbonyl (C=O) groups is 1. The summed E-state index contributed by atoms with van der Waals surface area (Å²) in [4.78, 5) is 16.2. The molecule has 0 aliphatic heterocycles. The third-order valence-corrected chi connectivity index (χ3v) is 3.58. The molecule has 0 bridgehead atoms. The topological polar surface area (TPSA) is 62.2 Å². The van der Waals surface area contributed by atoms with E-state index in [1.165, 1.54) is 19.3 Å². The van der Waals surface area contributed by atoms with Gasteiger partial charge in [0, 0.05) is 18.4 Å². The number of nitrogens with zero attached hydrogens (tertiary/aromatic N) is 1. The lowest BCUT2D eigenvalue weighted by atomic mass is 9.80. The van der Waals surface area contributed by atoms with E-state index in [-0.39, 0.29) is 18.6 Å². The molecule has 2 N–H and O–H groups in total. The van der Waals surface area contributed by atoms with Gasteiger partial charge in [-0.25, -0.2) is 0 Å². The first kappa shape index (κ1) is 13.6. The van der Waals surface area contributed by atoms with Crippen LogP contribution in [0.3, 0.4) is 0 Å². The van der Waals surface area contributed by atoms with E-state index in [9.17, 15) is 4.79 Å². The number of nitrogens with one attached hydrogen (secondary N) is 1. The molecule has 1 aliphatic rings. The van der Waals surface area contributed by atoms with Crippen molar-refractivity contribution in [1.82, 2.24) is 10.3 Å². The van der Waals surface area contributed by atoms with Gasteiger partial charge in [-0.1, -0.05) is 18.3 Å². The normalized spacial score (nSPS) is 15.9. The molecule has 2 rings (SSSR count). The number of aliphatic hydroxyl groups is 1. The second kappa shape index (κ2) is 6.35. The van der Waals surface area contributed by atoms with E-state index < -0.39 is 0 Å². The van der Waals surface area contributed by atoms with Crippen molar-refractivity contribution >= 4 is 5.91 Å². The van der Waals surface area contributed by atoms with E-state index in [0.29, 0.717) is 17.0 Å². The summed E-state index contributed by atoms with van der Waals surface area (Å²) in [6.45, 7) is 1.82. The molecule has 19 heavy (non-hydrogen) atoms. The second-order valence-electron chi connectivity index (χ2n) is 4.83. The van der Waals surface area contributed by atoms with Crippen LogP contribution in [0.15, 0.2) is 18.5 Å². The summed E-state index contributed by atoms with van der Waals surface area (Å²) in [7, 11) is 0. The summed E-state index contributed by atoms with van der Waals surface area (Å²) in [5.74, 6) is 5.77. The maximum atomic E-state index is 12.2. The third-order valence-electron chi connectivity index (χ3n) is 3.58. The number of aromatic nitrogens is 1. The molecule has 1 amide bonds. The molecule has 1 aromatic heterocycles. The molecule has 0 spiro atoms. The molecule has 0 radical (unpaired) electrons. The highest BCUT2D eigenvalue weighted by Gasteiger charge is 2.25. The molecule has 1 aromatic rings. The summed E-state index contributed by atoms with van der Waals surface area (Å²) in [6, 6.07) is 1.84. The molecule has 1 atom stereocenters. The Bertz CT molecular complexity index is 512. The summed E-state index contributed by atoms with van der Waals surface area (Å²) < 4.78 is 0. The van der Waals surface area contributed by atoms with Gasteiger partial charge in [-0.05, 0) is 31.7 Å². The van der Waals surface area contributed by atoms with Gasteiger partial charge in [-0.3, -0.25) is 9.78 Å². The fourth-order valence-corrected chi connectivity index (χ4v) is 2.17. The molecule has 1 saturated carbocycles. The lowest BCUT2D eigenvalue weighted by molar-refractivity contribution is 0.0909. The Hall–Kier alpha value is -1.86. The Morgan fingerprint density at radius 3 is 3.05 bits per heavy atom. The number of aliphatic hydroxyl groups excluding tert-OH is 1. The fraction of sp³-hybridized carbons (Fsp3) is 0.467. The minimum atomic E-state index is -0.228. The molecular formula is C15H18N2O2. The number of amides is 1. The lowest BCUT2D eigenvalue weighted by Crippen LogP contribution is -2.40. The first-order valence-corrected chi connectivity index (χ1v) is 6.57. The smallest absolute Gasteiger partial charge is 0.252 e. The highest BCUT2D eigenvalue weighted by atomic mass is 16.2. The van der Waals surface area contributed by atoms with Crippen LogP contribution in [0.25, 0.3) is 0 Å². The van der Waals surface area contributed by atoms with Crippen LogP contribution in [-0.2, 0) is 0 Å². The van der Waals surface area contributed by atoms with Crippen LogP contribution in [0, 0.1) is 17.8 Å². The predicted octanol–water partition coefficient (Wildman–Crippen LogP) is 1.34. The first-order chi connectivity index (χ1) is 9.22. The summed E-state index contributed by atoms with van der Waals surface area (Å²) in [5, 5.41) is 11.7. The zero-order valence-electron chi connectivity index (χ0n) is 11.0. The standard InChI is InChI=1S/C15H18N2O2/c1-11(12-4-2-5-12)17-15(19)14-7-8-16-10-13(14)6-3-9-18/h7-8,10-12,18H,2,4-5,9H2,1H3,(H,17,19). The molecule has 1 fully saturated rings. The fourth-order valence-electron chi connectivity index (χ4n) is 2.17. The van der Waals surface area contributed by atoms with E-state index in [4.69, 9.17) is 5.11 Å². The van der Waals surface area contributed by atoms with Gasteiger partial charge >= 0.3 is 0 Å². The van der Waals surface area contributed by atoms with Crippen molar-refractivity contribution in [1.29, 1.82) is 0 Å². The highest BCUT2D eigenvalue weighted by Crippen LogP contribution is 2.29. The maximum Gasteiger partial charge on any atom is 0.252 e. The summed E-state index contributed by atoms with van der Waals surface area (Å²) >= 11 is 0. The van der Waals surface area contributed by atoms with Gasteiger partial charge in [0.2, 0.25) is 0 Å². The number of carbonyl (C=O) groups excluding carboxylic acids is 1. The second-order valence-corrected chi connectivity index (χ2v) is 4.83. The average Bonchev–Trinajstić information content (AvgIpc) is 2.34. The minimum absolute atomic E-state index is 0.121. The Labute approximate surface area is 113 Å². The van der Waals surface area contributed by atoms with E-state index in [2.05, 4.69) is 22.1 Å². The number of rotatable bonds is 3. The summed E-state index contributed by atoms with van der Waals surface area (Å²) in [6.07, 6.45) is 6.76. The Morgan fingerprint density at radius 2 is 2.42 bits per heavy atom. The van der Waals surface area contributed by atoms with Crippen molar-refractivity contribution in [2.75, 3.05) is 6.61 Å². The van der Waals surface area contributed by atoms with Crippen LogP contribution in [0.1, 0.15) is 42.1 Å². The highest BCUT2D eigenvalue weighted by molar-refractivity contribution is 5.96. The van der Waals surface area contributed by atoms with E-state index in [1.807, 2.05) is 6.92 Å². The van der Waals surface area contributed by atoms with Gasteiger partial charge in [-0.15, -0.1) is 0 Å². The van der Waals surface area contributed by atoms with Crippen LogP contribution in [0.5, 0.6) is 0 Å². The number of pyridine rings is 1. The van der Waals surface area contributed by atoms with Gasteiger partial charge in [0.25, 0.3) is 5.91 Å². The van der Waals surface area contributed by atoms with Crippen LogP contribution in [-0.4, -0.2) is 28.6 Å². The van der Waals surface area contributed by atoms with Gasteiger partial charge in [0.15, 0.2) is 0 Å². The van der Waals surface area contributed by atoms with Crippen LogP contribution < -0.4 is 5.32 Å². The Kier molecular flexibility index (Phi) is 4.53. The average molecular weight is 258 g/mol. The van der Waals surface area contributed by atoms with Crippen LogP contribution in [0.2, 0.25) is 0 Å². The van der Waals surface area contributed by atoms with Gasteiger partial charge < -0.3 is 10.4 Å². The zero-order chi connectivity index (χ0) is 13.7. The maximum absolute atomic E-state index is 12.2.